The lowest BCUT2D eigenvalue weighted by Gasteiger charge is -2.26. The minimum absolute atomic E-state index is 0.772. The van der Waals surface area contributed by atoms with E-state index in [0.29, 0.717) is 0 Å². The zero-order valence-corrected chi connectivity index (χ0v) is 18.5. The second kappa shape index (κ2) is 10.4. The van der Waals surface area contributed by atoms with Gasteiger partial charge in [-0.05, 0) is 62.9 Å². The number of likely N-dealkylation sites (tertiary alicyclic amines) is 1. The molecule has 1 fully saturated rings. The van der Waals surface area contributed by atoms with Crippen molar-refractivity contribution in [1.82, 2.24) is 25.3 Å². The number of aromatic nitrogens is 2. The fourth-order valence-electron chi connectivity index (χ4n) is 4.03. The van der Waals surface area contributed by atoms with Gasteiger partial charge in [-0.15, -0.1) is 0 Å². The van der Waals surface area contributed by atoms with E-state index in [1.54, 1.807) is 0 Å². The third kappa shape index (κ3) is 6.07. The second-order valence-corrected chi connectivity index (χ2v) is 8.03. The first-order chi connectivity index (χ1) is 14.1. The molecular weight excluding hydrogens is 360 g/mol. The molecule has 29 heavy (non-hydrogen) atoms. The summed E-state index contributed by atoms with van der Waals surface area (Å²) in [5.74, 6) is 0.835. The molecule has 2 N–H and O–H groups in total. The molecule has 2 aromatic rings. The van der Waals surface area contributed by atoms with Crippen molar-refractivity contribution in [3.63, 3.8) is 0 Å². The largest absolute Gasteiger partial charge is 0.356 e. The van der Waals surface area contributed by atoms with Crippen LogP contribution in [-0.4, -0.2) is 47.3 Å². The monoisotopic (exact) mass is 396 g/mol. The summed E-state index contributed by atoms with van der Waals surface area (Å²) in [6, 6.07) is 8.97. The highest BCUT2D eigenvalue weighted by molar-refractivity contribution is 5.79. The van der Waals surface area contributed by atoms with Crippen LogP contribution >= 0.6 is 0 Å². The first kappa shape index (κ1) is 21.4. The molecular formula is C23H36N6. The number of aryl methyl sites for hydroxylation is 2. The van der Waals surface area contributed by atoms with Crippen LogP contribution in [0.3, 0.4) is 0 Å². The van der Waals surface area contributed by atoms with Crippen LogP contribution in [0.25, 0.3) is 0 Å². The Morgan fingerprint density at radius 2 is 1.72 bits per heavy atom. The van der Waals surface area contributed by atoms with Crippen molar-refractivity contribution in [2.75, 3.05) is 26.7 Å². The highest BCUT2D eigenvalue weighted by atomic mass is 15.3. The maximum atomic E-state index is 4.49. The molecule has 6 nitrogen and oxygen atoms in total. The van der Waals surface area contributed by atoms with E-state index in [1.807, 2.05) is 18.8 Å². The van der Waals surface area contributed by atoms with E-state index in [-0.39, 0.29) is 0 Å². The Kier molecular flexibility index (Phi) is 7.69. The number of guanidine groups is 1. The summed E-state index contributed by atoms with van der Waals surface area (Å²) in [6.45, 7) is 9.36. The number of nitrogens with zero attached hydrogens (tertiary/aromatic N) is 4. The van der Waals surface area contributed by atoms with E-state index in [1.165, 1.54) is 54.7 Å². The molecule has 2 heterocycles. The summed E-state index contributed by atoms with van der Waals surface area (Å²) < 4.78 is 1.95. The highest BCUT2D eigenvalue weighted by Crippen LogP contribution is 2.14. The average molecular weight is 397 g/mol. The van der Waals surface area contributed by atoms with Crippen molar-refractivity contribution in [3.05, 3.63) is 52.3 Å². The van der Waals surface area contributed by atoms with E-state index < -0.39 is 0 Å². The molecule has 1 saturated heterocycles. The summed E-state index contributed by atoms with van der Waals surface area (Å²) >= 11 is 0. The van der Waals surface area contributed by atoms with E-state index in [4.69, 9.17) is 0 Å². The normalized spacial score (nSPS) is 15.5. The molecule has 3 rings (SSSR count). The van der Waals surface area contributed by atoms with Gasteiger partial charge in [-0.1, -0.05) is 30.7 Å². The number of rotatable bonds is 7. The van der Waals surface area contributed by atoms with Crippen LogP contribution in [0.4, 0.5) is 0 Å². The minimum Gasteiger partial charge on any atom is -0.356 e. The first-order valence-electron chi connectivity index (χ1n) is 10.8. The maximum absolute atomic E-state index is 4.49. The number of benzene rings is 1. The predicted molar refractivity (Wildman–Crippen MR) is 120 cm³/mol. The van der Waals surface area contributed by atoms with Gasteiger partial charge in [0.25, 0.3) is 0 Å². The van der Waals surface area contributed by atoms with Crippen LogP contribution in [0.1, 0.15) is 47.3 Å². The topological polar surface area (TPSA) is 57.5 Å². The van der Waals surface area contributed by atoms with Gasteiger partial charge >= 0.3 is 0 Å². The molecule has 6 heteroatoms. The van der Waals surface area contributed by atoms with Crippen LogP contribution < -0.4 is 10.6 Å². The van der Waals surface area contributed by atoms with Crippen molar-refractivity contribution in [2.24, 2.45) is 12.0 Å². The van der Waals surface area contributed by atoms with Crippen LogP contribution in [0.2, 0.25) is 0 Å². The van der Waals surface area contributed by atoms with Gasteiger partial charge in [0.2, 0.25) is 0 Å². The lowest BCUT2D eigenvalue weighted by Crippen LogP contribution is -2.37. The van der Waals surface area contributed by atoms with Gasteiger partial charge in [0, 0.05) is 39.4 Å². The number of hydrogen-bond acceptors (Lipinski definition) is 3. The van der Waals surface area contributed by atoms with E-state index >= 15 is 0 Å². The Bertz CT molecular complexity index is 800. The molecule has 0 atom stereocenters. The van der Waals surface area contributed by atoms with E-state index in [0.717, 1.165) is 37.7 Å². The summed E-state index contributed by atoms with van der Waals surface area (Å²) in [4.78, 5) is 6.91. The van der Waals surface area contributed by atoms with Crippen LogP contribution in [0, 0.1) is 13.8 Å². The SMILES string of the molecule is CN=C(NCCc1c(C)nn(C)c1C)NCc1ccc(CN2CCCCC2)cc1. The molecule has 0 aliphatic carbocycles. The Morgan fingerprint density at radius 1 is 1.03 bits per heavy atom. The highest BCUT2D eigenvalue weighted by Gasteiger charge is 2.11. The number of nitrogens with one attached hydrogen (secondary N) is 2. The standard InChI is InChI=1S/C23H36N6/c1-18-22(19(2)28(4)27-18)12-13-25-23(24-3)26-16-20-8-10-21(11-9-20)17-29-14-6-5-7-15-29/h8-11H,5-7,12-17H2,1-4H3,(H2,24,25,26). The summed E-state index contributed by atoms with van der Waals surface area (Å²) in [7, 11) is 3.81. The maximum Gasteiger partial charge on any atom is 0.191 e. The van der Waals surface area contributed by atoms with Crippen molar-refractivity contribution in [1.29, 1.82) is 0 Å². The smallest absolute Gasteiger partial charge is 0.191 e. The van der Waals surface area contributed by atoms with Crippen LogP contribution in [0.5, 0.6) is 0 Å². The van der Waals surface area contributed by atoms with Crippen molar-refractivity contribution < 1.29 is 0 Å². The van der Waals surface area contributed by atoms with Gasteiger partial charge in [0.15, 0.2) is 5.96 Å². The third-order valence-electron chi connectivity index (χ3n) is 5.89. The van der Waals surface area contributed by atoms with Gasteiger partial charge in [0.1, 0.15) is 0 Å². The Balaban J connectivity index is 1.43. The van der Waals surface area contributed by atoms with Crippen LogP contribution in [-0.2, 0) is 26.6 Å². The third-order valence-corrected chi connectivity index (χ3v) is 5.89. The summed E-state index contributed by atoms with van der Waals surface area (Å²) in [6.07, 6.45) is 5.01. The molecule has 0 unspecified atom stereocenters. The molecule has 0 saturated carbocycles. The lowest BCUT2D eigenvalue weighted by atomic mass is 10.1. The first-order valence-corrected chi connectivity index (χ1v) is 10.8. The molecule has 1 aromatic carbocycles. The van der Waals surface area contributed by atoms with Gasteiger partial charge in [-0.3, -0.25) is 14.6 Å². The van der Waals surface area contributed by atoms with E-state index in [9.17, 15) is 0 Å². The minimum atomic E-state index is 0.772. The van der Waals surface area contributed by atoms with Gasteiger partial charge in [0.05, 0.1) is 5.69 Å². The van der Waals surface area contributed by atoms with E-state index in [2.05, 4.69) is 63.7 Å². The second-order valence-electron chi connectivity index (χ2n) is 8.03. The fraction of sp³-hybridized carbons (Fsp3) is 0.565. The Labute approximate surface area is 175 Å². The molecule has 0 amide bonds. The average Bonchev–Trinajstić information content (AvgIpc) is 2.98. The molecule has 0 radical (unpaired) electrons. The number of aliphatic imine (C=N–C) groups is 1. The Morgan fingerprint density at radius 3 is 2.34 bits per heavy atom. The molecule has 1 aromatic heterocycles. The van der Waals surface area contributed by atoms with Crippen molar-refractivity contribution in [2.45, 2.75) is 52.6 Å². The molecule has 158 valence electrons. The zero-order valence-electron chi connectivity index (χ0n) is 18.5. The number of piperidine rings is 1. The lowest BCUT2D eigenvalue weighted by molar-refractivity contribution is 0.221. The van der Waals surface area contributed by atoms with Crippen molar-refractivity contribution >= 4 is 5.96 Å². The summed E-state index contributed by atoms with van der Waals surface area (Å²) in [5.41, 5.74) is 6.34. The molecule has 1 aliphatic rings. The van der Waals surface area contributed by atoms with Gasteiger partial charge < -0.3 is 10.6 Å². The predicted octanol–water partition coefficient (Wildman–Crippen LogP) is 2.93. The zero-order chi connectivity index (χ0) is 20.6. The molecule has 1 aliphatic heterocycles. The van der Waals surface area contributed by atoms with Crippen molar-refractivity contribution in [3.8, 4) is 0 Å². The van der Waals surface area contributed by atoms with Crippen LogP contribution in [0.15, 0.2) is 29.3 Å². The molecule has 0 bridgehead atoms. The fourth-order valence-corrected chi connectivity index (χ4v) is 4.03. The quantitative estimate of drug-likeness (QED) is 0.558. The number of hydrogen-bond donors (Lipinski definition) is 2. The Hall–Kier alpha value is -2.34. The molecule has 0 spiro atoms. The van der Waals surface area contributed by atoms with Gasteiger partial charge in [-0.25, -0.2) is 0 Å². The van der Waals surface area contributed by atoms with Gasteiger partial charge in [-0.2, -0.15) is 5.10 Å². The summed E-state index contributed by atoms with van der Waals surface area (Å²) in [5, 5.41) is 11.3.